The SMILES string of the molecule is COC(=O)CCBr.NC1CCc2c(-c3ncon3)cccc21. The molecule has 1 aliphatic carbocycles. The molecule has 0 bridgehead atoms. The van der Waals surface area contributed by atoms with Crippen molar-refractivity contribution in [2.45, 2.75) is 25.3 Å². The van der Waals surface area contributed by atoms with Crippen LogP contribution in [0.25, 0.3) is 11.4 Å². The van der Waals surface area contributed by atoms with Crippen molar-refractivity contribution in [2.24, 2.45) is 5.73 Å². The molecule has 6 nitrogen and oxygen atoms in total. The number of carbonyl (C=O) groups excluding carboxylic acids is 1. The largest absolute Gasteiger partial charge is 0.469 e. The Hall–Kier alpha value is -1.73. The fourth-order valence-corrected chi connectivity index (χ4v) is 2.69. The summed E-state index contributed by atoms with van der Waals surface area (Å²) in [7, 11) is 1.38. The molecule has 0 radical (unpaired) electrons. The summed E-state index contributed by atoms with van der Waals surface area (Å²) in [6.07, 6.45) is 3.81. The van der Waals surface area contributed by atoms with Crippen LogP contribution in [0.15, 0.2) is 29.1 Å². The van der Waals surface area contributed by atoms with E-state index in [2.05, 4.69) is 36.9 Å². The molecule has 0 saturated heterocycles. The van der Waals surface area contributed by atoms with Gasteiger partial charge in [0.25, 0.3) is 0 Å². The van der Waals surface area contributed by atoms with Crippen molar-refractivity contribution < 1.29 is 14.1 Å². The highest BCUT2D eigenvalue weighted by atomic mass is 79.9. The molecule has 0 spiro atoms. The maximum Gasteiger partial charge on any atom is 0.306 e. The van der Waals surface area contributed by atoms with Gasteiger partial charge in [-0.05, 0) is 24.0 Å². The van der Waals surface area contributed by atoms with E-state index in [1.807, 2.05) is 12.1 Å². The lowest BCUT2D eigenvalue weighted by Crippen LogP contribution is -2.04. The van der Waals surface area contributed by atoms with Gasteiger partial charge in [0.05, 0.1) is 13.5 Å². The second-order valence-electron chi connectivity index (χ2n) is 4.79. The Kier molecular flexibility index (Phi) is 6.09. The van der Waals surface area contributed by atoms with Crippen LogP contribution in [0.1, 0.15) is 30.0 Å². The number of benzene rings is 1. The highest BCUT2D eigenvalue weighted by Gasteiger charge is 2.22. The zero-order valence-electron chi connectivity index (χ0n) is 12.3. The number of nitrogens with two attached hydrogens (primary N) is 1. The highest BCUT2D eigenvalue weighted by Crippen LogP contribution is 2.35. The molecule has 0 saturated carbocycles. The minimum atomic E-state index is -0.170. The van der Waals surface area contributed by atoms with Crippen LogP contribution >= 0.6 is 15.9 Å². The summed E-state index contributed by atoms with van der Waals surface area (Å²) in [5.74, 6) is 0.484. The van der Waals surface area contributed by atoms with Crippen LogP contribution in [0.5, 0.6) is 0 Å². The molecule has 1 aliphatic rings. The number of fused-ring (bicyclic) bond motifs is 1. The molecule has 0 aliphatic heterocycles. The van der Waals surface area contributed by atoms with E-state index in [4.69, 9.17) is 10.3 Å². The molecular weight excluding hydrogens is 350 g/mol. The summed E-state index contributed by atoms with van der Waals surface area (Å²) in [4.78, 5) is 14.2. The number of esters is 1. The first-order valence-corrected chi connectivity index (χ1v) is 8.06. The van der Waals surface area contributed by atoms with E-state index in [1.54, 1.807) is 0 Å². The molecule has 1 heterocycles. The third-order valence-electron chi connectivity index (χ3n) is 3.45. The van der Waals surface area contributed by atoms with Crippen LogP contribution in [0, 0.1) is 0 Å². The number of ether oxygens (including phenoxy) is 1. The second-order valence-corrected chi connectivity index (χ2v) is 5.58. The van der Waals surface area contributed by atoms with Gasteiger partial charge in [-0.2, -0.15) is 4.98 Å². The van der Waals surface area contributed by atoms with Crippen LogP contribution in [0.3, 0.4) is 0 Å². The van der Waals surface area contributed by atoms with Crippen molar-refractivity contribution in [3.8, 4) is 11.4 Å². The zero-order valence-corrected chi connectivity index (χ0v) is 13.9. The van der Waals surface area contributed by atoms with Crippen LogP contribution in [0.4, 0.5) is 0 Å². The Morgan fingerprint density at radius 3 is 2.95 bits per heavy atom. The Labute approximate surface area is 137 Å². The minimum Gasteiger partial charge on any atom is -0.469 e. The van der Waals surface area contributed by atoms with Gasteiger partial charge in [-0.25, -0.2) is 0 Å². The molecule has 0 amide bonds. The summed E-state index contributed by atoms with van der Waals surface area (Å²) < 4.78 is 9.08. The Morgan fingerprint density at radius 1 is 1.55 bits per heavy atom. The standard InChI is InChI=1S/C11H11N3O.C4H7BrO2/c12-10-5-4-7-8(10)2-1-3-9(7)11-13-6-15-14-11;1-7-4(6)2-3-5/h1-3,6,10H,4-5,12H2;2-3H2,1H3. The van der Waals surface area contributed by atoms with E-state index in [-0.39, 0.29) is 12.0 Å². The number of rotatable bonds is 3. The first kappa shape index (κ1) is 16.6. The van der Waals surface area contributed by atoms with Crippen molar-refractivity contribution >= 4 is 21.9 Å². The topological polar surface area (TPSA) is 91.2 Å². The molecule has 22 heavy (non-hydrogen) atoms. The quantitative estimate of drug-likeness (QED) is 0.662. The summed E-state index contributed by atoms with van der Waals surface area (Å²) in [6, 6.07) is 6.25. The molecule has 2 aromatic rings. The van der Waals surface area contributed by atoms with Gasteiger partial charge in [0.2, 0.25) is 12.2 Å². The van der Waals surface area contributed by atoms with Crippen LogP contribution in [0.2, 0.25) is 0 Å². The fraction of sp³-hybridized carbons (Fsp3) is 0.400. The third kappa shape index (κ3) is 3.92. The molecule has 1 aromatic heterocycles. The van der Waals surface area contributed by atoms with E-state index in [0.29, 0.717) is 17.6 Å². The van der Waals surface area contributed by atoms with Gasteiger partial charge < -0.3 is 15.0 Å². The Morgan fingerprint density at radius 2 is 2.36 bits per heavy atom. The van der Waals surface area contributed by atoms with Crippen molar-refractivity contribution in [1.82, 2.24) is 10.1 Å². The van der Waals surface area contributed by atoms with Gasteiger partial charge in [-0.1, -0.05) is 39.3 Å². The number of halogens is 1. The molecular formula is C15H18BrN3O3. The minimum absolute atomic E-state index is 0.159. The first-order valence-electron chi connectivity index (χ1n) is 6.94. The Bertz CT molecular complexity index is 617. The van der Waals surface area contributed by atoms with Crippen molar-refractivity contribution in [2.75, 3.05) is 12.4 Å². The van der Waals surface area contributed by atoms with Crippen LogP contribution < -0.4 is 5.73 Å². The fourth-order valence-electron chi connectivity index (χ4n) is 2.36. The maximum atomic E-state index is 10.2. The first-order chi connectivity index (χ1) is 10.7. The third-order valence-corrected chi connectivity index (χ3v) is 3.84. The van der Waals surface area contributed by atoms with Crippen molar-refractivity contribution in [3.63, 3.8) is 0 Å². The van der Waals surface area contributed by atoms with E-state index in [9.17, 15) is 4.79 Å². The molecule has 0 fully saturated rings. The molecule has 118 valence electrons. The number of hydrogen-bond donors (Lipinski definition) is 1. The Balaban J connectivity index is 0.000000217. The van der Waals surface area contributed by atoms with Gasteiger partial charge in [0.15, 0.2) is 0 Å². The van der Waals surface area contributed by atoms with Gasteiger partial charge in [0.1, 0.15) is 0 Å². The van der Waals surface area contributed by atoms with Gasteiger partial charge in [0, 0.05) is 16.9 Å². The number of hydrogen-bond acceptors (Lipinski definition) is 6. The average molecular weight is 368 g/mol. The lowest BCUT2D eigenvalue weighted by atomic mass is 10.0. The number of methoxy groups -OCH3 is 1. The lowest BCUT2D eigenvalue weighted by molar-refractivity contribution is -0.140. The predicted octanol–water partition coefficient (Wildman–Crippen LogP) is 2.63. The van der Waals surface area contributed by atoms with E-state index < -0.39 is 0 Å². The summed E-state index contributed by atoms with van der Waals surface area (Å²) in [5.41, 5.74) is 9.54. The van der Waals surface area contributed by atoms with Crippen molar-refractivity contribution in [3.05, 3.63) is 35.7 Å². The maximum absolute atomic E-state index is 10.2. The second kappa shape index (κ2) is 8.05. The normalized spacial score (nSPS) is 15.7. The summed E-state index contributed by atoms with van der Waals surface area (Å²) >= 11 is 3.09. The number of nitrogens with zero attached hydrogens (tertiary/aromatic N) is 2. The van der Waals surface area contributed by atoms with Crippen LogP contribution in [-0.4, -0.2) is 28.5 Å². The number of carbonyl (C=O) groups is 1. The smallest absolute Gasteiger partial charge is 0.306 e. The average Bonchev–Trinajstić information content (AvgIpc) is 3.18. The molecule has 1 atom stereocenters. The summed E-state index contributed by atoms with van der Waals surface area (Å²) in [6.45, 7) is 0. The highest BCUT2D eigenvalue weighted by molar-refractivity contribution is 9.09. The van der Waals surface area contributed by atoms with Crippen LogP contribution in [-0.2, 0) is 16.0 Å². The molecule has 7 heteroatoms. The van der Waals surface area contributed by atoms with Gasteiger partial charge in [-0.3, -0.25) is 4.79 Å². The molecule has 1 aromatic carbocycles. The summed E-state index contributed by atoms with van der Waals surface area (Å²) in [5, 5.41) is 4.54. The predicted molar refractivity (Wildman–Crippen MR) is 85.4 cm³/mol. The van der Waals surface area contributed by atoms with Gasteiger partial charge in [-0.15, -0.1) is 0 Å². The van der Waals surface area contributed by atoms with Gasteiger partial charge >= 0.3 is 5.97 Å². The van der Waals surface area contributed by atoms with E-state index in [0.717, 1.165) is 18.4 Å². The molecule has 3 rings (SSSR count). The lowest BCUT2D eigenvalue weighted by Gasteiger charge is -2.06. The van der Waals surface area contributed by atoms with Crippen molar-refractivity contribution in [1.29, 1.82) is 0 Å². The zero-order chi connectivity index (χ0) is 15.9. The number of aromatic nitrogens is 2. The number of alkyl halides is 1. The molecule has 1 unspecified atom stereocenters. The monoisotopic (exact) mass is 367 g/mol. The molecule has 2 N–H and O–H groups in total. The van der Waals surface area contributed by atoms with E-state index in [1.165, 1.54) is 24.6 Å². The van der Waals surface area contributed by atoms with E-state index >= 15 is 0 Å².